The van der Waals surface area contributed by atoms with Gasteiger partial charge in [-0.15, -0.1) is 0 Å². The fourth-order valence-electron chi connectivity index (χ4n) is 3.59. The van der Waals surface area contributed by atoms with E-state index in [4.69, 9.17) is 4.74 Å². The Balaban J connectivity index is 1.99. The Kier molecular flexibility index (Phi) is 2.94. The predicted octanol–water partition coefficient (Wildman–Crippen LogP) is 1.64. The van der Waals surface area contributed by atoms with Crippen molar-refractivity contribution in [2.45, 2.75) is 44.3 Å². The first-order chi connectivity index (χ1) is 9.55. The van der Waals surface area contributed by atoms with Gasteiger partial charge >= 0.3 is 5.97 Å². The van der Waals surface area contributed by atoms with Gasteiger partial charge in [0.1, 0.15) is 11.7 Å². The monoisotopic (exact) mass is 274 g/mol. The summed E-state index contributed by atoms with van der Waals surface area (Å²) in [6.07, 6.45) is 0.394. The second kappa shape index (κ2) is 4.42. The predicted molar refractivity (Wildman–Crippen MR) is 71.9 cm³/mol. The molecule has 0 spiro atoms. The molecule has 4 nitrogen and oxygen atoms in total. The third-order valence-corrected chi connectivity index (χ3v) is 4.80. The van der Waals surface area contributed by atoms with Gasteiger partial charge in [-0.3, -0.25) is 9.59 Å². The summed E-state index contributed by atoms with van der Waals surface area (Å²) < 4.78 is 5.54. The summed E-state index contributed by atoms with van der Waals surface area (Å²) in [6, 6.07) is 9.63. The molecule has 0 unspecified atom stereocenters. The van der Waals surface area contributed by atoms with Gasteiger partial charge in [-0.2, -0.15) is 0 Å². The van der Waals surface area contributed by atoms with Gasteiger partial charge in [-0.1, -0.05) is 37.3 Å². The van der Waals surface area contributed by atoms with Crippen LogP contribution in [0.5, 0.6) is 0 Å². The maximum Gasteiger partial charge on any atom is 0.323 e. The van der Waals surface area contributed by atoms with E-state index in [-0.39, 0.29) is 5.78 Å². The highest BCUT2D eigenvalue weighted by molar-refractivity contribution is 6.07. The number of Topliss-reactive ketones (excluding diaryl/α,β-unsaturated/α-hetero) is 1. The van der Waals surface area contributed by atoms with E-state index in [1.807, 2.05) is 30.3 Å². The number of benzene rings is 1. The summed E-state index contributed by atoms with van der Waals surface area (Å²) >= 11 is 0. The lowest BCUT2D eigenvalue weighted by Gasteiger charge is -2.38. The quantitative estimate of drug-likeness (QED) is 0.672. The number of esters is 1. The summed E-state index contributed by atoms with van der Waals surface area (Å²) in [5.74, 6) is -0.732. The number of hydrogen-bond donors (Lipinski definition) is 1. The first kappa shape index (κ1) is 13.3. The summed E-state index contributed by atoms with van der Waals surface area (Å²) in [4.78, 5) is 24.4. The molecule has 1 aliphatic heterocycles. The minimum absolute atomic E-state index is 0.182. The third kappa shape index (κ3) is 1.57. The zero-order valence-corrected chi connectivity index (χ0v) is 11.5. The Morgan fingerprint density at radius 1 is 1.30 bits per heavy atom. The van der Waals surface area contributed by atoms with E-state index < -0.39 is 23.1 Å². The molecule has 2 aliphatic rings. The maximum absolute atomic E-state index is 12.2. The van der Waals surface area contributed by atoms with Crippen LogP contribution in [0.25, 0.3) is 0 Å². The first-order valence-corrected chi connectivity index (χ1v) is 7.04. The average molecular weight is 274 g/mol. The Bertz CT molecular complexity index is 553. The van der Waals surface area contributed by atoms with Crippen molar-refractivity contribution in [3.8, 4) is 0 Å². The molecule has 1 aliphatic carbocycles. The van der Waals surface area contributed by atoms with Crippen LogP contribution in [0, 0.1) is 5.41 Å². The molecule has 1 N–H and O–H groups in total. The van der Waals surface area contributed by atoms with E-state index in [0.29, 0.717) is 25.7 Å². The van der Waals surface area contributed by atoms with Crippen molar-refractivity contribution in [2.24, 2.45) is 5.41 Å². The molecule has 2 fully saturated rings. The maximum atomic E-state index is 12.2. The minimum atomic E-state index is -1.34. The smallest absolute Gasteiger partial charge is 0.323 e. The normalized spacial score (nSPS) is 36.0. The number of rotatable bonds is 3. The fraction of sp³-hybridized carbons (Fsp3) is 0.500. The summed E-state index contributed by atoms with van der Waals surface area (Å²) in [5, 5.41) is 10.6. The standard InChI is InChI=1S/C16H18O4/c1-2-16-12(17)8-9-15(13(16)18,20-14(16)19)10-11-6-4-3-5-7-11/h3-7,13,18H,2,8-10H2,1H3/t13-,15-,16-/m0/s1. The summed E-state index contributed by atoms with van der Waals surface area (Å²) in [6.45, 7) is 1.76. The van der Waals surface area contributed by atoms with E-state index in [0.717, 1.165) is 5.56 Å². The molecule has 0 amide bonds. The molecule has 20 heavy (non-hydrogen) atoms. The van der Waals surface area contributed by atoms with Crippen molar-refractivity contribution in [3.63, 3.8) is 0 Å². The molecule has 1 saturated heterocycles. The highest BCUT2D eigenvalue weighted by atomic mass is 16.6. The molecule has 3 rings (SSSR count). The van der Waals surface area contributed by atoms with Gasteiger partial charge in [0.2, 0.25) is 0 Å². The number of hydrogen-bond acceptors (Lipinski definition) is 4. The summed E-state index contributed by atoms with van der Waals surface area (Å²) in [5.41, 5.74) is -1.28. The van der Waals surface area contributed by atoms with Crippen molar-refractivity contribution < 1.29 is 19.4 Å². The number of fused-ring (bicyclic) bond motifs is 2. The number of aliphatic hydroxyl groups excluding tert-OH is 1. The number of aliphatic hydroxyl groups is 1. The molecular weight excluding hydrogens is 256 g/mol. The SMILES string of the molecule is CC[C@@]12C(=O)CC[C@@](Cc3ccccc3)(OC1=O)[C@@H]2O. The van der Waals surface area contributed by atoms with Crippen molar-refractivity contribution in [1.29, 1.82) is 0 Å². The Morgan fingerprint density at radius 3 is 2.65 bits per heavy atom. The van der Waals surface area contributed by atoms with E-state index in [9.17, 15) is 14.7 Å². The van der Waals surface area contributed by atoms with Gasteiger partial charge < -0.3 is 9.84 Å². The molecule has 1 aromatic carbocycles. The molecule has 3 atom stereocenters. The molecular formula is C16H18O4. The highest BCUT2D eigenvalue weighted by Crippen LogP contribution is 2.52. The van der Waals surface area contributed by atoms with Crippen LogP contribution in [0.3, 0.4) is 0 Å². The van der Waals surface area contributed by atoms with Crippen molar-refractivity contribution >= 4 is 11.8 Å². The molecule has 2 bridgehead atoms. The van der Waals surface area contributed by atoms with Crippen molar-refractivity contribution in [3.05, 3.63) is 35.9 Å². The minimum Gasteiger partial charge on any atom is -0.455 e. The Hall–Kier alpha value is -1.68. The number of ketones is 1. The fourth-order valence-corrected chi connectivity index (χ4v) is 3.59. The highest BCUT2D eigenvalue weighted by Gasteiger charge is 2.69. The third-order valence-electron chi connectivity index (χ3n) is 4.80. The topological polar surface area (TPSA) is 63.6 Å². The van der Waals surface area contributed by atoms with Crippen LogP contribution in [0.4, 0.5) is 0 Å². The van der Waals surface area contributed by atoms with E-state index >= 15 is 0 Å². The van der Waals surface area contributed by atoms with Gasteiger partial charge in [0, 0.05) is 12.8 Å². The van der Waals surface area contributed by atoms with Crippen molar-refractivity contribution in [1.82, 2.24) is 0 Å². The zero-order chi connectivity index (χ0) is 14.4. The number of carbonyl (C=O) groups excluding carboxylic acids is 2. The average Bonchev–Trinajstić information content (AvgIpc) is 2.58. The molecule has 0 aromatic heterocycles. The van der Waals surface area contributed by atoms with Crippen LogP contribution in [-0.4, -0.2) is 28.6 Å². The van der Waals surface area contributed by atoms with Gasteiger partial charge in [0.05, 0.1) is 0 Å². The Morgan fingerprint density at radius 2 is 2.00 bits per heavy atom. The molecule has 106 valence electrons. The molecule has 1 heterocycles. The molecule has 4 heteroatoms. The lowest BCUT2D eigenvalue weighted by atomic mass is 9.64. The van der Waals surface area contributed by atoms with Crippen LogP contribution in [-0.2, 0) is 20.7 Å². The second-order valence-corrected chi connectivity index (χ2v) is 5.77. The summed E-state index contributed by atoms with van der Waals surface area (Å²) in [7, 11) is 0. The van der Waals surface area contributed by atoms with Crippen LogP contribution in [0.15, 0.2) is 30.3 Å². The van der Waals surface area contributed by atoms with Crippen LogP contribution in [0.1, 0.15) is 31.7 Å². The van der Waals surface area contributed by atoms with E-state index in [1.165, 1.54) is 0 Å². The second-order valence-electron chi connectivity index (χ2n) is 5.77. The zero-order valence-electron chi connectivity index (χ0n) is 11.5. The van der Waals surface area contributed by atoms with Gasteiger partial charge in [-0.05, 0) is 18.4 Å². The Labute approximate surface area is 117 Å². The largest absolute Gasteiger partial charge is 0.455 e. The molecule has 1 aromatic rings. The van der Waals surface area contributed by atoms with Gasteiger partial charge in [0.25, 0.3) is 0 Å². The van der Waals surface area contributed by atoms with E-state index in [1.54, 1.807) is 6.92 Å². The van der Waals surface area contributed by atoms with Crippen LogP contribution in [0.2, 0.25) is 0 Å². The first-order valence-electron chi connectivity index (χ1n) is 7.04. The number of carbonyl (C=O) groups is 2. The lowest BCUT2D eigenvalue weighted by molar-refractivity contribution is -0.154. The van der Waals surface area contributed by atoms with Gasteiger partial charge in [-0.25, -0.2) is 0 Å². The van der Waals surface area contributed by atoms with E-state index in [2.05, 4.69) is 0 Å². The van der Waals surface area contributed by atoms with Crippen LogP contribution < -0.4 is 0 Å². The van der Waals surface area contributed by atoms with Gasteiger partial charge in [0.15, 0.2) is 11.2 Å². The molecule has 0 radical (unpaired) electrons. The number of ether oxygens (including phenoxy) is 1. The molecule has 1 saturated carbocycles. The van der Waals surface area contributed by atoms with Crippen molar-refractivity contribution in [2.75, 3.05) is 0 Å². The lowest BCUT2D eigenvalue weighted by Crippen LogP contribution is -2.55. The van der Waals surface area contributed by atoms with Crippen LogP contribution >= 0.6 is 0 Å².